The van der Waals surface area contributed by atoms with Crippen LogP contribution in [0, 0.1) is 0 Å². The lowest BCUT2D eigenvalue weighted by Gasteiger charge is -2.08. The highest BCUT2D eigenvalue weighted by atomic mass is 32.2. The zero-order chi connectivity index (χ0) is 12.8. The minimum absolute atomic E-state index is 0.107. The van der Waals surface area contributed by atoms with Gasteiger partial charge < -0.3 is 9.87 Å². The van der Waals surface area contributed by atoms with Crippen molar-refractivity contribution in [3.05, 3.63) is 5.01 Å². The van der Waals surface area contributed by atoms with E-state index in [0.717, 1.165) is 24.2 Å². The molecule has 17 heavy (non-hydrogen) atoms. The van der Waals surface area contributed by atoms with Crippen LogP contribution in [0.5, 0.6) is 0 Å². The fourth-order valence-corrected chi connectivity index (χ4v) is 3.07. The van der Waals surface area contributed by atoms with E-state index in [4.69, 9.17) is 0 Å². The predicted molar refractivity (Wildman–Crippen MR) is 68.7 cm³/mol. The van der Waals surface area contributed by atoms with Gasteiger partial charge in [0.25, 0.3) is 5.91 Å². The maximum absolute atomic E-state index is 11.7. The largest absolute Gasteiger partial charge is 0.610 e. The summed E-state index contributed by atoms with van der Waals surface area (Å²) >= 11 is -0.0216. The first-order valence-electron chi connectivity index (χ1n) is 5.61. The number of nitrogens with one attached hydrogen (secondary N) is 1. The molecular weight excluding hydrogens is 258 g/mol. The van der Waals surface area contributed by atoms with E-state index in [1.807, 2.05) is 20.8 Å². The average Bonchev–Trinajstić information content (AvgIpc) is 2.78. The second kappa shape index (κ2) is 6.93. The van der Waals surface area contributed by atoms with E-state index in [1.54, 1.807) is 0 Å². The third-order valence-corrected chi connectivity index (χ3v) is 4.95. The molecule has 1 aromatic rings. The molecule has 7 heteroatoms. The smallest absolute Gasteiger partial charge is 0.322 e. The van der Waals surface area contributed by atoms with Gasteiger partial charge in [-0.3, -0.25) is 4.79 Å². The van der Waals surface area contributed by atoms with Crippen LogP contribution < -0.4 is 5.32 Å². The maximum Gasteiger partial charge on any atom is 0.322 e. The van der Waals surface area contributed by atoms with Crippen LogP contribution in [0.15, 0.2) is 4.34 Å². The molecule has 1 amide bonds. The molecular formula is C10H17N3O2S2. The quantitative estimate of drug-likeness (QED) is 0.800. The Morgan fingerprint density at radius 1 is 1.53 bits per heavy atom. The molecule has 1 N–H and O–H groups in total. The number of hydrogen-bond acceptors (Lipinski definition) is 5. The number of rotatable bonds is 6. The number of amides is 1. The van der Waals surface area contributed by atoms with E-state index in [2.05, 4.69) is 15.5 Å². The lowest BCUT2D eigenvalue weighted by Crippen LogP contribution is -2.31. The number of carbonyl (C=O) groups is 1. The van der Waals surface area contributed by atoms with E-state index in [1.165, 1.54) is 0 Å². The monoisotopic (exact) mass is 275 g/mol. The van der Waals surface area contributed by atoms with Crippen molar-refractivity contribution in [2.75, 3.05) is 5.75 Å². The van der Waals surface area contributed by atoms with Gasteiger partial charge in [0.2, 0.25) is 5.01 Å². The summed E-state index contributed by atoms with van der Waals surface area (Å²) in [6.45, 7) is 5.87. The normalized spacial score (nSPS) is 14.4. The molecule has 2 atom stereocenters. The van der Waals surface area contributed by atoms with Gasteiger partial charge in [-0.05, 0) is 31.1 Å². The van der Waals surface area contributed by atoms with Crippen molar-refractivity contribution < 1.29 is 9.35 Å². The highest BCUT2D eigenvalue weighted by Gasteiger charge is 2.20. The van der Waals surface area contributed by atoms with E-state index in [0.29, 0.717) is 10.1 Å². The van der Waals surface area contributed by atoms with Crippen LogP contribution >= 0.6 is 11.3 Å². The van der Waals surface area contributed by atoms with Crippen molar-refractivity contribution in [2.24, 2.45) is 0 Å². The molecule has 1 rings (SSSR count). The zero-order valence-electron chi connectivity index (χ0n) is 10.2. The maximum atomic E-state index is 11.7. The Bertz CT molecular complexity index is 370. The van der Waals surface area contributed by atoms with Crippen LogP contribution in [-0.4, -0.2) is 32.5 Å². The lowest BCUT2D eigenvalue weighted by atomic mass is 10.2. The fraction of sp³-hybridized carbons (Fsp3) is 0.700. The molecule has 0 aliphatic heterocycles. The van der Waals surface area contributed by atoms with Crippen molar-refractivity contribution in [3.8, 4) is 0 Å². The van der Waals surface area contributed by atoms with Gasteiger partial charge >= 0.3 is 4.34 Å². The van der Waals surface area contributed by atoms with Crippen LogP contribution in [0.4, 0.5) is 0 Å². The van der Waals surface area contributed by atoms with E-state index in [-0.39, 0.29) is 17.0 Å². The number of carbonyl (C=O) groups excluding carboxylic acids is 1. The summed E-state index contributed by atoms with van der Waals surface area (Å²) in [6.07, 6.45) is 1.68. The molecule has 5 nitrogen and oxygen atoms in total. The van der Waals surface area contributed by atoms with E-state index in [9.17, 15) is 9.35 Å². The van der Waals surface area contributed by atoms with Gasteiger partial charge in [-0.15, -0.1) is 5.10 Å². The van der Waals surface area contributed by atoms with Gasteiger partial charge in [-0.25, -0.2) is 0 Å². The molecule has 0 saturated heterocycles. The van der Waals surface area contributed by atoms with Crippen molar-refractivity contribution >= 4 is 28.4 Å². The van der Waals surface area contributed by atoms with Crippen molar-refractivity contribution in [1.29, 1.82) is 0 Å². The summed E-state index contributed by atoms with van der Waals surface area (Å²) in [4.78, 5) is 11.7. The van der Waals surface area contributed by atoms with Crippen LogP contribution in [0.25, 0.3) is 0 Å². The molecule has 0 radical (unpaired) electrons. The van der Waals surface area contributed by atoms with Gasteiger partial charge in [0.15, 0.2) is 0 Å². The summed E-state index contributed by atoms with van der Waals surface area (Å²) in [5, 5.41) is 10.6. The molecule has 0 aromatic carbocycles. The van der Waals surface area contributed by atoms with Gasteiger partial charge in [0.1, 0.15) is 5.75 Å². The summed E-state index contributed by atoms with van der Waals surface area (Å²) in [5.41, 5.74) is 0. The summed E-state index contributed by atoms with van der Waals surface area (Å²) in [6, 6.07) is 0.107. The lowest BCUT2D eigenvalue weighted by molar-refractivity contribution is 0.0938. The van der Waals surface area contributed by atoms with Crippen LogP contribution in [-0.2, 0) is 11.2 Å². The molecule has 1 heterocycles. The molecule has 0 fully saturated rings. The van der Waals surface area contributed by atoms with Crippen LogP contribution in [0.3, 0.4) is 0 Å². The van der Waals surface area contributed by atoms with Gasteiger partial charge in [-0.2, -0.15) is 0 Å². The Labute approximate surface area is 108 Å². The molecule has 0 aliphatic rings. The Morgan fingerprint density at radius 3 is 2.82 bits per heavy atom. The van der Waals surface area contributed by atoms with Crippen LogP contribution in [0.2, 0.25) is 0 Å². The number of nitrogens with zero attached hydrogens (tertiary/aromatic N) is 2. The van der Waals surface area contributed by atoms with Crippen LogP contribution in [0.1, 0.15) is 43.4 Å². The first-order chi connectivity index (χ1) is 8.08. The average molecular weight is 275 g/mol. The fourth-order valence-electron chi connectivity index (χ4n) is 1.05. The molecule has 0 aliphatic carbocycles. The molecule has 0 saturated carbocycles. The van der Waals surface area contributed by atoms with Gasteiger partial charge in [0, 0.05) is 17.2 Å². The minimum Gasteiger partial charge on any atom is -0.610 e. The minimum atomic E-state index is -1.13. The number of hydrogen-bond donors (Lipinski definition) is 1. The Morgan fingerprint density at radius 2 is 2.24 bits per heavy atom. The second-order valence-corrected chi connectivity index (χ2v) is 6.43. The molecule has 0 bridgehead atoms. The second-order valence-electron chi connectivity index (χ2n) is 3.71. The third-order valence-electron chi connectivity index (χ3n) is 2.17. The Hall–Kier alpha value is -0.660. The number of aromatic nitrogens is 2. The summed E-state index contributed by atoms with van der Waals surface area (Å²) in [7, 11) is 0. The van der Waals surface area contributed by atoms with Gasteiger partial charge in [-0.1, -0.05) is 18.9 Å². The molecule has 96 valence electrons. The highest BCUT2D eigenvalue weighted by molar-refractivity contribution is 7.93. The topological polar surface area (TPSA) is 77.9 Å². The SMILES string of the molecule is CCC[S+]([O-])c1nnc(C(=O)NC(C)CC)s1. The zero-order valence-corrected chi connectivity index (χ0v) is 11.9. The predicted octanol–water partition coefficient (Wildman–Crippen LogP) is 1.58. The molecule has 1 aromatic heterocycles. The van der Waals surface area contributed by atoms with Crippen molar-refractivity contribution in [3.63, 3.8) is 0 Å². The summed E-state index contributed by atoms with van der Waals surface area (Å²) in [5.74, 6) is 0.318. The summed E-state index contributed by atoms with van der Waals surface area (Å²) < 4.78 is 12.1. The Kier molecular flexibility index (Phi) is 5.87. The van der Waals surface area contributed by atoms with Crippen molar-refractivity contribution in [2.45, 2.75) is 44.0 Å². The molecule has 2 unspecified atom stereocenters. The van der Waals surface area contributed by atoms with Crippen molar-refractivity contribution in [1.82, 2.24) is 15.5 Å². The van der Waals surface area contributed by atoms with Gasteiger partial charge in [0.05, 0.1) is 0 Å². The molecule has 0 spiro atoms. The van der Waals surface area contributed by atoms with E-state index < -0.39 is 11.2 Å². The standard InChI is InChI=1S/C10H17N3O2S2/c1-4-6-17(15)10-13-12-9(16-10)8(14)11-7(3)5-2/h7H,4-6H2,1-3H3,(H,11,14). The Balaban J connectivity index is 2.64. The third kappa shape index (κ3) is 4.25. The highest BCUT2D eigenvalue weighted by Crippen LogP contribution is 2.17. The van der Waals surface area contributed by atoms with E-state index >= 15 is 0 Å². The first-order valence-corrected chi connectivity index (χ1v) is 7.74. The first kappa shape index (κ1) is 14.4.